The Morgan fingerprint density at radius 1 is 0.844 bits per heavy atom. The fraction of sp³-hybridized carbons (Fsp3) is 0.185. The van der Waals surface area contributed by atoms with E-state index in [2.05, 4.69) is 17.1 Å². The predicted octanol–water partition coefficient (Wildman–Crippen LogP) is 4.69. The van der Waals surface area contributed by atoms with Crippen LogP contribution in [0.15, 0.2) is 84.9 Å². The second kappa shape index (κ2) is 7.38. The Labute approximate surface area is 186 Å². The molecular formula is C27H23N3O2. The normalized spacial score (nSPS) is 20.0. The maximum Gasteiger partial charge on any atom is 0.328 e. The Kier molecular flexibility index (Phi) is 4.35. The Hall–Kier alpha value is -3.86. The van der Waals surface area contributed by atoms with Crippen LogP contribution in [0.1, 0.15) is 28.4 Å². The second-order valence-corrected chi connectivity index (χ2v) is 8.51. The quantitative estimate of drug-likeness (QED) is 0.486. The zero-order chi connectivity index (χ0) is 21.7. The van der Waals surface area contributed by atoms with Gasteiger partial charge < -0.3 is 4.98 Å². The van der Waals surface area contributed by atoms with E-state index in [-0.39, 0.29) is 18.0 Å². The van der Waals surface area contributed by atoms with Gasteiger partial charge in [0.25, 0.3) is 5.91 Å². The molecule has 1 saturated heterocycles. The van der Waals surface area contributed by atoms with Gasteiger partial charge in [-0.1, -0.05) is 78.9 Å². The highest BCUT2D eigenvalue weighted by atomic mass is 16.2. The number of carbonyl (C=O) groups is 2. The summed E-state index contributed by atoms with van der Waals surface area (Å²) < 4.78 is 0. The van der Waals surface area contributed by atoms with Crippen LogP contribution in [0.3, 0.4) is 0 Å². The maximum atomic E-state index is 13.6. The number of aromatic amines is 1. The number of rotatable bonds is 4. The number of nitrogens with zero attached hydrogens (tertiary/aromatic N) is 2. The van der Waals surface area contributed by atoms with Gasteiger partial charge in [-0.3, -0.25) is 14.6 Å². The first kappa shape index (κ1) is 18.9. The van der Waals surface area contributed by atoms with E-state index in [1.54, 1.807) is 4.90 Å². The number of hydrogen-bond acceptors (Lipinski definition) is 2. The Balaban J connectivity index is 1.42. The van der Waals surface area contributed by atoms with Crippen molar-refractivity contribution in [3.8, 4) is 0 Å². The summed E-state index contributed by atoms with van der Waals surface area (Å²) in [7, 11) is 0. The summed E-state index contributed by atoms with van der Waals surface area (Å²) >= 11 is 0. The van der Waals surface area contributed by atoms with Crippen molar-refractivity contribution in [1.29, 1.82) is 0 Å². The highest BCUT2D eigenvalue weighted by Crippen LogP contribution is 2.43. The summed E-state index contributed by atoms with van der Waals surface area (Å²) in [6, 6.07) is 27.2. The molecule has 3 heterocycles. The first-order valence-electron chi connectivity index (χ1n) is 11.0. The third-order valence-electron chi connectivity index (χ3n) is 6.72. The van der Waals surface area contributed by atoms with Crippen molar-refractivity contribution < 1.29 is 9.59 Å². The molecule has 1 aromatic heterocycles. The first-order valence-corrected chi connectivity index (χ1v) is 11.0. The summed E-state index contributed by atoms with van der Waals surface area (Å²) in [6.45, 7) is 0.394. The molecule has 6 rings (SSSR count). The van der Waals surface area contributed by atoms with E-state index in [0.717, 1.165) is 33.3 Å². The molecule has 5 heteroatoms. The molecule has 0 unspecified atom stereocenters. The third kappa shape index (κ3) is 2.85. The SMILES string of the molecule is O=C1[C@@H]2Cc3c([nH]c4ccccc34)[C@H](c3ccccc3)N2C(=O)N1CCc1ccccc1. The minimum absolute atomic E-state index is 0.0946. The molecule has 0 bridgehead atoms. The largest absolute Gasteiger partial charge is 0.356 e. The summed E-state index contributed by atoms with van der Waals surface area (Å²) in [5.41, 5.74) is 5.33. The molecular weight excluding hydrogens is 398 g/mol. The molecule has 2 atom stereocenters. The zero-order valence-electron chi connectivity index (χ0n) is 17.6. The number of H-pyrrole nitrogens is 1. The van der Waals surface area contributed by atoms with E-state index >= 15 is 0 Å². The number of hydrogen-bond donors (Lipinski definition) is 1. The van der Waals surface area contributed by atoms with Crippen molar-refractivity contribution >= 4 is 22.8 Å². The highest BCUT2D eigenvalue weighted by molar-refractivity contribution is 6.05. The molecule has 0 saturated carbocycles. The zero-order valence-corrected chi connectivity index (χ0v) is 17.6. The summed E-state index contributed by atoms with van der Waals surface area (Å²) in [4.78, 5) is 33.9. The minimum Gasteiger partial charge on any atom is -0.356 e. The number of imide groups is 1. The molecule has 1 N–H and O–H groups in total. The van der Waals surface area contributed by atoms with Gasteiger partial charge in [-0.2, -0.15) is 0 Å². The van der Waals surface area contributed by atoms with Gasteiger partial charge in [0, 0.05) is 29.6 Å². The summed E-state index contributed by atoms with van der Waals surface area (Å²) in [5, 5.41) is 1.13. The average Bonchev–Trinajstić information content (AvgIpc) is 3.32. The van der Waals surface area contributed by atoms with Crippen LogP contribution >= 0.6 is 0 Å². The average molecular weight is 422 g/mol. The lowest BCUT2D eigenvalue weighted by atomic mass is 9.89. The predicted molar refractivity (Wildman–Crippen MR) is 123 cm³/mol. The lowest BCUT2D eigenvalue weighted by Gasteiger charge is -2.36. The second-order valence-electron chi connectivity index (χ2n) is 8.51. The minimum atomic E-state index is -0.477. The maximum absolute atomic E-state index is 13.6. The number of urea groups is 1. The van der Waals surface area contributed by atoms with Crippen LogP contribution in [0, 0.1) is 0 Å². The Morgan fingerprint density at radius 2 is 1.53 bits per heavy atom. The standard InChI is InChI=1S/C27H23N3O2/c31-26-23-17-21-20-13-7-8-14-22(20)28-24(21)25(19-11-5-2-6-12-19)30(23)27(32)29(26)16-15-18-9-3-1-4-10-18/h1-14,23,25,28H,15-17H2/t23-,25-/m0/s1. The Bertz CT molecular complexity index is 1310. The number of amides is 3. The molecule has 2 aliphatic rings. The summed E-state index contributed by atoms with van der Waals surface area (Å²) in [5.74, 6) is -0.0946. The molecule has 2 aliphatic heterocycles. The first-order chi connectivity index (χ1) is 15.7. The smallest absolute Gasteiger partial charge is 0.328 e. The van der Waals surface area contributed by atoms with Crippen LogP contribution in [-0.2, 0) is 17.6 Å². The van der Waals surface area contributed by atoms with Gasteiger partial charge in [-0.15, -0.1) is 0 Å². The Morgan fingerprint density at radius 3 is 2.31 bits per heavy atom. The van der Waals surface area contributed by atoms with Crippen LogP contribution < -0.4 is 0 Å². The topological polar surface area (TPSA) is 56.4 Å². The van der Waals surface area contributed by atoms with Gasteiger partial charge in [0.15, 0.2) is 0 Å². The van der Waals surface area contributed by atoms with Crippen LogP contribution in [0.25, 0.3) is 10.9 Å². The molecule has 32 heavy (non-hydrogen) atoms. The van der Waals surface area contributed by atoms with E-state index in [1.165, 1.54) is 4.90 Å². The molecule has 3 aromatic carbocycles. The molecule has 158 valence electrons. The van der Waals surface area contributed by atoms with Crippen molar-refractivity contribution in [2.45, 2.75) is 24.9 Å². The number of para-hydroxylation sites is 1. The van der Waals surface area contributed by atoms with Crippen LogP contribution in [0.5, 0.6) is 0 Å². The molecule has 0 radical (unpaired) electrons. The molecule has 0 spiro atoms. The van der Waals surface area contributed by atoms with Gasteiger partial charge in [-0.25, -0.2) is 4.79 Å². The molecule has 5 nitrogen and oxygen atoms in total. The van der Waals surface area contributed by atoms with Crippen molar-refractivity contribution in [1.82, 2.24) is 14.8 Å². The van der Waals surface area contributed by atoms with Crippen LogP contribution in [0.2, 0.25) is 0 Å². The van der Waals surface area contributed by atoms with Gasteiger partial charge in [0.1, 0.15) is 12.1 Å². The van der Waals surface area contributed by atoms with Crippen molar-refractivity contribution in [2.75, 3.05) is 6.54 Å². The van der Waals surface area contributed by atoms with Gasteiger partial charge in [0.2, 0.25) is 0 Å². The van der Waals surface area contributed by atoms with Crippen molar-refractivity contribution in [3.63, 3.8) is 0 Å². The third-order valence-corrected chi connectivity index (χ3v) is 6.72. The fourth-order valence-electron chi connectivity index (χ4n) is 5.20. The van der Waals surface area contributed by atoms with E-state index in [4.69, 9.17) is 0 Å². The molecule has 3 amide bonds. The van der Waals surface area contributed by atoms with Crippen molar-refractivity contribution in [3.05, 3.63) is 107 Å². The number of nitrogens with one attached hydrogen (secondary N) is 1. The number of fused-ring (bicyclic) bond motifs is 4. The fourth-order valence-corrected chi connectivity index (χ4v) is 5.20. The molecule has 4 aromatic rings. The molecule has 0 aliphatic carbocycles. The van der Waals surface area contributed by atoms with E-state index < -0.39 is 6.04 Å². The van der Waals surface area contributed by atoms with Gasteiger partial charge >= 0.3 is 6.03 Å². The number of benzene rings is 3. The van der Waals surface area contributed by atoms with Gasteiger partial charge in [0.05, 0.1) is 0 Å². The van der Waals surface area contributed by atoms with E-state index in [1.807, 2.05) is 72.8 Å². The molecule has 1 fully saturated rings. The van der Waals surface area contributed by atoms with E-state index in [0.29, 0.717) is 19.4 Å². The van der Waals surface area contributed by atoms with Crippen LogP contribution in [-0.4, -0.2) is 39.3 Å². The van der Waals surface area contributed by atoms with Crippen LogP contribution in [0.4, 0.5) is 4.79 Å². The highest BCUT2D eigenvalue weighted by Gasteiger charge is 2.52. The van der Waals surface area contributed by atoms with E-state index in [9.17, 15) is 9.59 Å². The summed E-state index contributed by atoms with van der Waals surface area (Å²) in [6.07, 6.45) is 1.19. The van der Waals surface area contributed by atoms with Gasteiger partial charge in [-0.05, 0) is 29.2 Å². The van der Waals surface area contributed by atoms with Crippen molar-refractivity contribution in [2.24, 2.45) is 0 Å². The lowest BCUT2D eigenvalue weighted by Crippen LogP contribution is -2.44. The monoisotopic (exact) mass is 421 g/mol. The lowest BCUT2D eigenvalue weighted by molar-refractivity contribution is -0.128. The number of carbonyl (C=O) groups excluding carboxylic acids is 2. The number of aromatic nitrogens is 1.